The Morgan fingerprint density at radius 1 is 0.857 bits per heavy atom. The Labute approximate surface area is 203 Å². The lowest BCUT2D eigenvalue weighted by molar-refractivity contribution is -0.119. The van der Waals surface area contributed by atoms with Crippen LogP contribution in [0.25, 0.3) is 0 Å². The molecule has 0 aromatic heterocycles. The average molecular weight is 496 g/mol. The van der Waals surface area contributed by atoms with Gasteiger partial charge in [0.15, 0.2) is 6.61 Å². The smallest absolute Gasteiger partial charge is 0.340 e. The summed E-state index contributed by atoms with van der Waals surface area (Å²) >= 11 is 0. The van der Waals surface area contributed by atoms with E-state index in [1.807, 2.05) is 30.3 Å². The molecule has 182 valence electrons. The third kappa shape index (κ3) is 6.24. The number of carbonyl (C=O) groups excluding carboxylic acids is 2. The molecule has 1 fully saturated rings. The largest absolute Gasteiger partial charge is 0.452 e. The molecule has 3 aromatic rings. The van der Waals surface area contributed by atoms with Gasteiger partial charge in [-0.25, -0.2) is 13.2 Å². The molecule has 0 saturated carbocycles. The fraction of sp³-hybridized carbons (Fsp3) is 0.200. The van der Waals surface area contributed by atoms with Crippen molar-refractivity contribution in [2.24, 2.45) is 0 Å². The number of hydrogen-bond acceptors (Lipinski definition) is 7. The molecule has 0 unspecified atom stereocenters. The third-order valence-electron chi connectivity index (χ3n) is 5.28. The van der Waals surface area contributed by atoms with Crippen molar-refractivity contribution in [1.82, 2.24) is 4.31 Å². The van der Waals surface area contributed by atoms with Crippen molar-refractivity contribution >= 4 is 39.0 Å². The number of nitrogens with one attached hydrogen (secondary N) is 2. The molecule has 9 nitrogen and oxygen atoms in total. The first-order valence-electron chi connectivity index (χ1n) is 11.0. The van der Waals surface area contributed by atoms with Crippen LogP contribution in [0.4, 0.5) is 17.1 Å². The van der Waals surface area contributed by atoms with Gasteiger partial charge < -0.3 is 20.1 Å². The van der Waals surface area contributed by atoms with Crippen molar-refractivity contribution in [3.05, 3.63) is 84.4 Å². The first-order chi connectivity index (χ1) is 16.9. The van der Waals surface area contributed by atoms with E-state index in [4.69, 9.17) is 9.47 Å². The van der Waals surface area contributed by atoms with E-state index in [2.05, 4.69) is 10.6 Å². The van der Waals surface area contributed by atoms with Gasteiger partial charge in [0.1, 0.15) is 0 Å². The molecule has 1 aliphatic rings. The molecule has 0 spiro atoms. The number of morpholine rings is 1. The first kappa shape index (κ1) is 24.4. The molecule has 3 aromatic carbocycles. The molecule has 0 atom stereocenters. The number of ether oxygens (including phenoxy) is 2. The number of hydrogen-bond donors (Lipinski definition) is 2. The highest BCUT2D eigenvalue weighted by atomic mass is 32.2. The van der Waals surface area contributed by atoms with E-state index in [1.165, 1.54) is 28.6 Å². The average Bonchev–Trinajstić information content (AvgIpc) is 2.89. The number of sulfonamides is 1. The lowest BCUT2D eigenvalue weighted by Gasteiger charge is -2.26. The van der Waals surface area contributed by atoms with Crippen LogP contribution >= 0.6 is 0 Å². The summed E-state index contributed by atoms with van der Waals surface area (Å²) in [7, 11) is -3.62. The molecule has 1 aliphatic heterocycles. The lowest BCUT2D eigenvalue weighted by Crippen LogP contribution is -2.40. The van der Waals surface area contributed by atoms with Crippen molar-refractivity contribution in [1.29, 1.82) is 0 Å². The zero-order valence-electron chi connectivity index (χ0n) is 18.8. The summed E-state index contributed by atoms with van der Waals surface area (Å²) in [5.74, 6) is -1.19. The van der Waals surface area contributed by atoms with Gasteiger partial charge in [-0.3, -0.25) is 4.79 Å². The van der Waals surface area contributed by atoms with Gasteiger partial charge in [-0.05, 0) is 48.5 Å². The SMILES string of the molecule is O=C(COC(=O)c1ccccc1Nc1ccccc1)Nc1ccc(S(=O)(=O)N2CCOCC2)cc1. The van der Waals surface area contributed by atoms with Gasteiger partial charge in [-0.1, -0.05) is 30.3 Å². The number of para-hydroxylation sites is 2. The van der Waals surface area contributed by atoms with Gasteiger partial charge in [-0.2, -0.15) is 4.31 Å². The predicted molar refractivity (Wildman–Crippen MR) is 131 cm³/mol. The second-order valence-electron chi connectivity index (χ2n) is 7.70. The minimum atomic E-state index is -3.62. The molecule has 35 heavy (non-hydrogen) atoms. The van der Waals surface area contributed by atoms with Crippen LogP contribution in [0.15, 0.2) is 83.8 Å². The molecule has 1 amide bonds. The Morgan fingerprint density at radius 2 is 1.51 bits per heavy atom. The first-order valence-corrected chi connectivity index (χ1v) is 12.4. The summed E-state index contributed by atoms with van der Waals surface area (Å²) < 4.78 is 37.2. The molecule has 2 N–H and O–H groups in total. The zero-order chi connectivity index (χ0) is 24.7. The number of nitrogens with zero attached hydrogens (tertiary/aromatic N) is 1. The van der Waals surface area contributed by atoms with Crippen molar-refractivity contribution in [2.75, 3.05) is 43.5 Å². The molecule has 0 aliphatic carbocycles. The van der Waals surface area contributed by atoms with Crippen LogP contribution in [0.1, 0.15) is 10.4 Å². The van der Waals surface area contributed by atoms with E-state index < -0.39 is 28.5 Å². The summed E-state index contributed by atoms with van der Waals surface area (Å²) in [6, 6.07) is 22.1. The van der Waals surface area contributed by atoms with Crippen molar-refractivity contribution < 1.29 is 27.5 Å². The highest BCUT2D eigenvalue weighted by Gasteiger charge is 2.26. The Balaban J connectivity index is 1.33. The molecular weight excluding hydrogens is 470 g/mol. The zero-order valence-corrected chi connectivity index (χ0v) is 19.7. The maximum absolute atomic E-state index is 12.7. The minimum absolute atomic E-state index is 0.131. The molecule has 1 heterocycles. The monoisotopic (exact) mass is 495 g/mol. The summed E-state index contributed by atoms with van der Waals surface area (Å²) in [6.45, 7) is 0.830. The maximum atomic E-state index is 12.7. The van der Waals surface area contributed by atoms with Crippen molar-refractivity contribution in [3.63, 3.8) is 0 Å². The van der Waals surface area contributed by atoms with E-state index in [0.29, 0.717) is 43.2 Å². The summed E-state index contributed by atoms with van der Waals surface area (Å²) in [4.78, 5) is 25.0. The van der Waals surface area contributed by atoms with Crippen LogP contribution in [0.3, 0.4) is 0 Å². The maximum Gasteiger partial charge on any atom is 0.340 e. The number of benzene rings is 3. The summed E-state index contributed by atoms with van der Waals surface area (Å²) in [6.07, 6.45) is 0. The topological polar surface area (TPSA) is 114 Å². The summed E-state index contributed by atoms with van der Waals surface area (Å²) in [5.41, 5.74) is 2.05. The lowest BCUT2D eigenvalue weighted by atomic mass is 10.1. The second kappa shape index (κ2) is 11.1. The number of esters is 1. The molecule has 0 radical (unpaired) electrons. The molecule has 4 rings (SSSR count). The Morgan fingerprint density at radius 3 is 2.23 bits per heavy atom. The van der Waals surface area contributed by atoms with Gasteiger partial charge >= 0.3 is 5.97 Å². The normalized spacial score (nSPS) is 14.2. The number of amides is 1. The van der Waals surface area contributed by atoms with E-state index in [9.17, 15) is 18.0 Å². The fourth-order valence-electron chi connectivity index (χ4n) is 3.50. The van der Waals surface area contributed by atoms with E-state index >= 15 is 0 Å². The Kier molecular flexibility index (Phi) is 7.76. The number of rotatable bonds is 8. The van der Waals surface area contributed by atoms with Gasteiger partial charge in [-0.15, -0.1) is 0 Å². The predicted octanol–water partition coefficient (Wildman–Crippen LogP) is 3.25. The van der Waals surface area contributed by atoms with Gasteiger partial charge in [0.05, 0.1) is 29.4 Å². The van der Waals surface area contributed by atoms with Crippen LogP contribution < -0.4 is 10.6 Å². The van der Waals surface area contributed by atoms with Gasteiger partial charge in [0.25, 0.3) is 5.91 Å². The van der Waals surface area contributed by atoms with Crippen LogP contribution in [0, 0.1) is 0 Å². The van der Waals surface area contributed by atoms with Gasteiger partial charge in [0, 0.05) is 24.5 Å². The van der Waals surface area contributed by atoms with Crippen LogP contribution in [0.2, 0.25) is 0 Å². The molecule has 1 saturated heterocycles. The van der Waals surface area contributed by atoms with E-state index in [1.54, 1.807) is 24.3 Å². The second-order valence-corrected chi connectivity index (χ2v) is 9.64. The van der Waals surface area contributed by atoms with Crippen LogP contribution in [-0.2, 0) is 24.3 Å². The highest BCUT2D eigenvalue weighted by Crippen LogP contribution is 2.22. The standard InChI is InChI=1S/C25H25N3O6S/c29-24(27-20-10-12-21(13-11-20)35(31,32)28-14-16-33-17-15-28)18-34-25(30)22-8-4-5-9-23(22)26-19-6-2-1-3-7-19/h1-13,26H,14-18H2,(H,27,29). The summed E-state index contributed by atoms with van der Waals surface area (Å²) in [5, 5.41) is 5.76. The third-order valence-corrected chi connectivity index (χ3v) is 7.19. The van der Waals surface area contributed by atoms with Crippen molar-refractivity contribution in [3.8, 4) is 0 Å². The molecular formula is C25H25N3O6S. The van der Waals surface area contributed by atoms with Crippen LogP contribution in [-0.4, -0.2) is 57.5 Å². The fourth-order valence-corrected chi connectivity index (χ4v) is 4.91. The minimum Gasteiger partial charge on any atom is -0.452 e. The van der Waals surface area contributed by atoms with E-state index in [0.717, 1.165) is 5.69 Å². The van der Waals surface area contributed by atoms with Gasteiger partial charge in [0.2, 0.25) is 10.0 Å². The molecule has 0 bridgehead atoms. The van der Waals surface area contributed by atoms with Crippen LogP contribution in [0.5, 0.6) is 0 Å². The Bertz CT molecular complexity index is 1270. The molecule has 10 heteroatoms. The number of anilines is 3. The van der Waals surface area contributed by atoms with E-state index in [-0.39, 0.29) is 4.90 Å². The van der Waals surface area contributed by atoms with Crippen molar-refractivity contribution in [2.45, 2.75) is 4.90 Å². The highest BCUT2D eigenvalue weighted by molar-refractivity contribution is 7.89. The quantitative estimate of drug-likeness (QED) is 0.461. The Hall–Kier alpha value is -3.73. The number of carbonyl (C=O) groups is 2.